The number of phenolic OH excluding ortho intramolecular Hbond substituents is 2. The number of benzene rings is 1. The molecule has 0 atom stereocenters. The van der Waals surface area contributed by atoms with Gasteiger partial charge in [0.25, 0.3) is 0 Å². The van der Waals surface area contributed by atoms with E-state index in [0.29, 0.717) is 0 Å². The van der Waals surface area contributed by atoms with E-state index in [0.717, 1.165) is 12.8 Å². The Morgan fingerprint density at radius 2 is 1.74 bits per heavy atom. The second-order valence-corrected chi connectivity index (χ2v) is 4.34. The first-order valence-corrected chi connectivity index (χ1v) is 6.08. The Morgan fingerprint density at radius 1 is 1.11 bits per heavy atom. The summed E-state index contributed by atoms with van der Waals surface area (Å²) in [5.41, 5.74) is -0.0202. The van der Waals surface area contributed by atoms with Gasteiger partial charge in [-0.2, -0.15) is 0 Å². The molecular formula is C15H14O4. The highest BCUT2D eigenvalue weighted by atomic mass is 16.3. The summed E-state index contributed by atoms with van der Waals surface area (Å²) in [7, 11) is 0. The minimum Gasteiger partial charge on any atom is -0.507 e. The number of carbonyl (C=O) groups excluding carboxylic acids is 2. The van der Waals surface area contributed by atoms with Gasteiger partial charge in [0.2, 0.25) is 0 Å². The molecule has 0 heterocycles. The van der Waals surface area contributed by atoms with Crippen LogP contribution in [0, 0.1) is 0 Å². The third kappa shape index (κ3) is 2.29. The van der Waals surface area contributed by atoms with Crippen LogP contribution in [0.5, 0.6) is 11.5 Å². The van der Waals surface area contributed by atoms with E-state index in [4.69, 9.17) is 0 Å². The number of ketones is 2. The van der Waals surface area contributed by atoms with Gasteiger partial charge in [-0.15, -0.1) is 0 Å². The number of fused-ring (bicyclic) bond motifs is 1. The molecule has 0 aromatic heterocycles. The highest BCUT2D eigenvalue weighted by molar-refractivity contribution is 6.27. The monoisotopic (exact) mass is 258 g/mol. The van der Waals surface area contributed by atoms with Gasteiger partial charge in [-0.3, -0.25) is 9.59 Å². The maximum atomic E-state index is 12.2. The minimum absolute atomic E-state index is 0.122. The first kappa shape index (κ1) is 13.1. The van der Waals surface area contributed by atoms with Crippen molar-refractivity contribution in [2.24, 2.45) is 0 Å². The zero-order valence-corrected chi connectivity index (χ0v) is 10.5. The van der Waals surface area contributed by atoms with Crippen molar-refractivity contribution >= 4 is 11.6 Å². The summed E-state index contributed by atoms with van der Waals surface area (Å²) in [6.07, 6.45) is 6.32. The molecule has 98 valence electrons. The Kier molecular flexibility index (Phi) is 3.51. The van der Waals surface area contributed by atoms with Crippen molar-refractivity contribution in [1.29, 1.82) is 0 Å². The SMILES string of the molecule is CCCC=CC1=CC(=O)c2c(O)ccc(O)c2C1=O. The fourth-order valence-corrected chi connectivity index (χ4v) is 1.98. The van der Waals surface area contributed by atoms with Crippen LogP contribution in [-0.2, 0) is 0 Å². The minimum atomic E-state index is -0.473. The molecule has 2 rings (SSSR count). The zero-order chi connectivity index (χ0) is 14.0. The topological polar surface area (TPSA) is 74.6 Å². The first-order chi connectivity index (χ1) is 9.06. The van der Waals surface area contributed by atoms with Gasteiger partial charge in [0.1, 0.15) is 11.5 Å². The maximum Gasteiger partial charge on any atom is 0.197 e. The van der Waals surface area contributed by atoms with Crippen LogP contribution in [-0.4, -0.2) is 21.8 Å². The number of hydrogen-bond donors (Lipinski definition) is 2. The fraction of sp³-hybridized carbons (Fsp3) is 0.200. The molecule has 0 spiro atoms. The molecule has 19 heavy (non-hydrogen) atoms. The summed E-state index contributed by atoms with van der Waals surface area (Å²) in [5.74, 6) is -1.51. The number of rotatable bonds is 3. The first-order valence-electron chi connectivity index (χ1n) is 6.08. The molecule has 0 aliphatic heterocycles. The molecule has 0 amide bonds. The van der Waals surface area contributed by atoms with Crippen molar-refractivity contribution in [2.75, 3.05) is 0 Å². The van der Waals surface area contributed by atoms with Crippen molar-refractivity contribution in [3.63, 3.8) is 0 Å². The highest BCUT2D eigenvalue weighted by Crippen LogP contribution is 2.34. The van der Waals surface area contributed by atoms with E-state index in [1.807, 2.05) is 13.0 Å². The fourth-order valence-electron chi connectivity index (χ4n) is 1.98. The molecule has 0 bridgehead atoms. The van der Waals surface area contributed by atoms with Crippen LogP contribution in [0.25, 0.3) is 0 Å². The Balaban J connectivity index is 2.50. The van der Waals surface area contributed by atoms with Gasteiger partial charge in [-0.05, 0) is 24.6 Å². The molecule has 4 nitrogen and oxygen atoms in total. The quantitative estimate of drug-likeness (QED) is 0.817. The molecule has 1 aromatic rings. The van der Waals surface area contributed by atoms with Gasteiger partial charge >= 0.3 is 0 Å². The van der Waals surface area contributed by atoms with Crippen molar-refractivity contribution in [2.45, 2.75) is 19.8 Å². The lowest BCUT2D eigenvalue weighted by atomic mass is 9.88. The summed E-state index contributed by atoms with van der Waals surface area (Å²) in [6, 6.07) is 2.41. The van der Waals surface area contributed by atoms with Crippen molar-refractivity contribution in [3.8, 4) is 11.5 Å². The van der Waals surface area contributed by atoms with Crippen LogP contribution in [0.4, 0.5) is 0 Å². The van der Waals surface area contributed by atoms with E-state index >= 15 is 0 Å². The predicted octanol–water partition coefficient (Wildman–Crippen LogP) is 2.76. The van der Waals surface area contributed by atoms with Crippen molar-refractivity contribution < 1.29 is 19.8 Å². The van der Waals surface area contributed by atoms with E-state index < -0.39 is 11.6 Å². The van der Waals surface area contributed by atoms with Gasteiger partial charge in [-0.1, -0.05) is 25.5 Å². The molecule has 0 fully saturated rings. The van der Waals surface area contributed by atoms with Crippen LogP contribution in [0.1, 0.15) is 40.5 Å². The van der Waals surface area contributed by atoms with Gasteiger partial charge in [0, 0.05) is 5.57 Å². The smallest absolute Gasteiger partial charge is 0.197 e. The number of phenols is 2. The molecule has 1 aromatic carbocycles. The maximum absolute atomic E-state index is 12.2. The van der Waals surface area contributed by atoms with Crippen LogP contribution in [0.2, 0.25) is 0 Å². The Morgan fingerprint density at radius 3 is 2.37 bits per heavy atom. The van der Waals surface area contributed by atoms with Crippen LogP contribution < -0.4 is 0 Å². The average molecular weight is 258 g/mol. The molecule has 0 unspecified atom stereocenters. The number of unbranched alkanes of at least 4 members (excludes halogenated alkanes) is 1. The standard InChI is InChI=1S/C15H14O4/c1-2-3-4-5-9-8-12(18)13-10(16)6-7-11(17)14(13)15(9)19/h4-8,16-17H,2-3H2,1H3. The number of hydrogen-bond acceptors (Lipinski definition) is 4. The predicted molar refractivity (Wildman–Crippen MR) is 70.6 cm³/mol. The molecule has 4 heteroatoms. The van der Waals surface area contributed by atoms with Gasteiger partial charge in [-0.25, -0.2) is 0 Å². The lowest BCUT2D eigenvalue weighted by Crippen LogP contribution is -2.16. The molecule has 2 N–H and O–H groups in total. The second kappa shape index (κ2) is 5.10. The number of carbonyl (C=O) groups is 2. The molecule has 1 aliphatic carbocycles. The molecular weight excluding hydrogens is 244 g/mol. The van der Waals surface area contributed by atoms with E-state index in [2.05, 4.69) is 0 Å². The summed E-state index contributed by atoms with van der Waals surface area (Å²) < 4.78 is 0. The summed E-state index contributed by atoms with van der Waals surface area (Å²) in [5, 5.41) is 19.4. The van der Waals surface area contributed by atoms with Gasteiger partial charge in [0.15, 0.2) is 11.6 Å². The third-order valence-corrected chi connectivity index (χ3v) is 2.94. The number of Topliss-reactive ketones (excluding diaryl/α,β-unsaturated/α-hetero) is 1. The third-order valence-electron chi connectivity index (χ3n) is 2.94. The average Bonchev–Trinajstić information content (AvgIpc) is 2.38. The van der Waals surface area contributed by atoms with Gasteiger partial charge < -0.3 is 10.2 Å². The molecule has 1 aliphatic rings. The lowest BCUT2D eigenvalue weighted by molar-refractivity contribution is 0.0982. The molecule has 0 saturated heterocycles. The zero-order valence-electron chi connectivity index (χ0n) is 10.5. The Bertz CT molecular complexity index is 609. The Labute approximate surface area is 110 Å². The number of aromatic hydroxyl groups is 2. The summed E-state index contributed by atoms with van der Waals surface area (Å²) >= 11 is 0. The molecule has 0 radical (unpaired) electrons. The van der Waals surface area contributed by atoms with Gasteiger partial charge in [0.05, 0.1) is 11.1 Å². The van der Waals surface area contributed by atoms with Crippen LogP contribution >= 0.6 is 0 Å². The molecule has 0 saturated carbocycles. The summed E-state index contributed by atoms with van der Waals surface area (Å²) in [4.78, 5) is 24.1. The lowest BCUT2D eigenvalue weighted by Gasteiger charge is -2.15. The van der Waals surface area contributed by atoms with E-state index in [9.17, 15) is 19.8 Å². The van der Waals surface area contributed by atoms with Crippen LogP contribution in [0.15, 0.2) is 35.9 Å². The van der Waals surface area contributed by atoms with Crippen molar-refractivity contribution in [1.82, 2.24) is 0 Å². The van der Waals surface area contributed by atoms with E-state index in [1.165, 1.54) is 18.2 Å². The van der Waals surface area contributed by atoms with Crippen molar-refractivity contribution in [3.05, 3.63) is 47.1 Å². The van der Waals surface area contributed by atoms with E-state index in [-0.39, 0.29) is 28.2 Å². The Hall–Kier alpha value is -2.36. The number of allylic oxidation sites excluding steroid dienone is 4. The van der Waals surface area contributed by atoms with E-state index in [1.54, 1.807) is 6.08 Å². The van der Waals surface area contributed by atoms with Crippen LogP contribution in [0.3, 0.4) is 0 Å². The second-order valence-electron chi connectivity index (χ2n) is 4.34. The largest absolute Gasteiger partial charge is 0.507 e. The highest BCUT2D eigenvalue weighted by Gasteiger charge is 2.29. The summed E-state index contributed by atoms with van der Waals surface area (Å²) in [6.45, 7) is 2.01. The normalized spacial score (nSPS) is 14.7.